The number of amides is 1. The Hall–Kier alpha value is -2.50. The molecular weight excluding hydrogens is 322 g/mol. The summed E-state index contributed by atoms with van der Waals surface area (Å²) >= 11 is 0. The number of benzene rings is 1. The Morgan fingerprint density at radius 1 is 1.28 bits per heavy atom. The molecule has 0 radical (unpaired) electrons. The average Bonchev–Trinajstić information content (AvgIpc) is 3.21. The second-order valence-electron chi connectivity index (χ2n) is 6.52. The quantitative estimate of drug-likeness (QED) is 0.856. The molecule has 0 aromatic heterocycles. The normalized spacial score (nSPS) is 21.3. The largest absolute Gasteiger partial charge is 0.504 e. The van der Waals surface area contributed by atoms with Crippen molar-refractivity contribution in [3.63, 3.8) is 0 Å². The van der Waals surface area contributed by atoms with Crippen LogP contribution in [-0.2, 0) is 9.59 Å². The minimum absolute atomic E-state index is 0.00829. The van der Waals surface area contributed by atoms with Gasteiger partial charge in [0.05, 0.1) is 18.7 Å². The van der Waals surface area contributed by atoms with Crippen LogP contribution in [0.15, 0.2) is 29.5 Å². The molecule has 25 heavy (non-hydrogen) atoms. The molecular formula is C19H23NO5. The summed E-state index contributed by atoms with van der Waals surface area (Å²) in [4.78, 5) is 26.7. The maximum atomic E-state index is 12.7. The van der Waals surface area contributed by atoms with Crippen molar-refractivity contribution in [2.45, 2.75) is 51.1 Å². The van der Waals surface area contributed by atoms with Crippen molar-refractivity contribution in [3.05, 3.63) is 35.1 Å². The van der Waals surface area contributed by atoms with Crippen molar-refractivity contribution in [2.24, 2.45) is 0 Å². The number of aliphatic hydroxyl groups excluding tert-OH is 1. The molecule has 1 saturated carbocycles. The van der Waals surface area contributed by atoms with E-state index in [0.29, 0.717) is 11.3 Å². The number of phenols is 1. The predicted octanol–water partition coefficient (Wildman–Crippen LogP) is 3.02. The summed E-state index contributed by atoms with van der Waals surface area (Å²) in [5.41, 5.74) is 0.725. The van der Waals surface area contributed by atoms with Gasteiger partial charge in [-0.3, -0.25) is 9.59 Å². The molecule has 1 aliphatic carbocycles. The third-order valence-electron chi connectivity index (χ3n) is 5.10. The van der Waals surface area contributed by atoms with Gasteiger partial charge in [-0.15, -0.1) is 0 Å². The van der Waals surface area contributed by atoms with Gasteiger partial charge >= 0.3 is 0 Å². The van der Waals surface area contributed by atoms with E-state index in [0.717, 1.165) is 25.7 Å². The van der Waals surface area contributed by atoms with Gasteiger partial charge in [0.2, 0.25) is 0 Å². The van der Waals surface area contributed by atoms with E-state index < -0.39 is 17.7 Å². The molecule has 2 aliphatic rings. The van der Waals surface area contributed by atoms with Gasteiger partial charge in [-0.25, -0.2) is 0 Å². The first-order valence-electron chi connectivity index (χ1n) is 8.65. The second kappa shape index (κ2) is 6.78. The minimum atomic E-state index is -0.667. The highest BCUT2D eigenvalue weighted by Crippen LogP contribution is 2.44. The highest BCUT2D eigenvalue weighted by Gasteiger charge is 2.46. The van der Waals surface area contributed by atoms with E-state index in [1.54, 1.807) is 24.0 Å². The van der Waals surface area contributed by atoms with Gasteiger partial charge in [-0.05, 0) is 30.5 Å². The second-order valence-corrected chi connectivity index (χ2v) is 6.52. The SMILES string of the molecule is CCC(=O)C1=C(O)C(=O)N(C2CCCC2)C1c1ccc(OC)c(O)c1. The summed E-state index contributed by atoms with van der Waals surface area (Å²) in [6.45, 7) is 1.70. The van der Waals surface area contributed by atoms with Crippen LogP contribution in [0.3, 0.4) is 0 Å². The van der Waals surface area contributed by atoms with Crippen LogP contribution >= 0.6 is 0 Å². The molecule has 3 rings (SSSR count). The van der Waals surface area contributed by atoms with Crippen LogP contribution in [0.1, 0.15) is 50.6 Å². The zero-order valence-corrected chi connectivity index (χ0v) is 14.5. The Kier molecular flexibility index (Phi) is 4.70. The molecule has 1 heterocycles. The third-order valence-corrected chi connectivity index (χ3v) is 5.10. The number of aliphatic hydroxyl groups is 1. The van der Waals surface area contributed by atoms with E-state index in [-0.39, 0.29) is 29.6 Å². The monoisotopic (exact) mass is 345 g/mol. The lowest BCUT2D eigenvalue weighted by atomic mass is 9.94. The number of aromatic hydroxyl groups is 1. The molecule has 2 N–H and O–H groups in total. The molecule has 1 aromatic carbocycles. The maximum Gasteiger partial charge on any atom is 0.290 e. The van der Waals surface area contributed by atoms with Crippen molar-refractivity contribution in [1.29, 1.82) is 0 Å². The Morgan fingerprint density at radius 3 is 2.52 bits per heavy atom. The number of nitrogens with zero attached hydrogens (tertiary/aromatic N) is 1. The van der Waals surface area contributed by atoms with Crippen LogP contribution in [-0.4, -0.2) is 40.0 Å². The number of methoxy groups -OCH3 is 1. The highest BCUT2D eigenvalue weighted by atomic mass is 16.5. The standard InChI is InChI=1S/C19H23NO5/c1-3-13(21)16-17(11-8-9-15(25-2)14(22)10-11)20(19(24)18(16)23)12-6-4-5-7-12/h8-10,12,17,22-23H,3-7H2,1-2H3. The first-order chi connectivity index (χ1) is 12.0. The van der Waals surface area contributed by atoms with E-state index >= 15 is 0 Å². The van der Waals surface area contributed by atoms with E-state index in [1.165, 1.54) is 13.2 Å². The summed E-state index contributed by atoms with van der Waals surface area (Å²) in [5.74, 6) is -0.958. The van der Waals surface area contributed by atoms with Crippen molar-refractivity contribution >= 4 is 11.7 Å². The molecule has 134 valence electrons. The summed E-state index contributed by atoms with van der Waals surface area (Å²) in [5, 5.41) is 20.5. The molecule has 0 saturated heterocycles. The fourth-order valence-electron chi connectivity index (χ4n) is 3.86. The van der Waals surface area contributed by atoms with E-state index in [4.69, 9.17) is 4.74 Å². The number of ketones is 1. The number of carbonyl (C=O) groups excluding carboxylic acids is 2. The van der Waals surface area contributed by atoms with E-state index in [2.05, 4.69) is 0 Å². The number of hydrogen-bond acceptors (Lipinski definition) is 5. The zero-order chi connectivity index (χ0) is 18.1. The topological polar surface area (TPSA) is 87.1 Å². The van der Waals surface area contributed by atoms with Crippen LogP contribution < -0.4 is 4.74 Å². The summed E-state index contributed by atoms with van der Waals surface area (Å²) in [6, 6.07) is 4.15. The Morgan fingerprint density at radius 2 is 1.96 bits per heavy atom. The smallest absolute Gasteiger partial charge is 0.290 e. The third kappa shape index (κ3) is 2.86. The summed E-state index contributed by atoms with van der Waals surface area (Å²) < 4.78 is 5.07. The maximum absolute atomic E-state index is 12.7. The molecule has 1 fully saturated rings. The van der Waals surface area contributed by atoms with Gasteiger partial charge in [-0.1, -0.05) is 25.8 Å². The van der Waals surface area contributed by atoms with Crippen molar-refractivity contribution in [3.8, 4) is 11.5 Å². The van der Waals surface area contributed by atoms with Gasteiger partial charge in [0.15, 0.2) is 23.0 Å². The van der Waals surface area contributed by atoms with Crippen LogP contribution in [0.25, 0.3) is 0 Å². The fourth-order valence-corrected chi connectivity index (χ4v) is 3.86. The Balaban J connectivity index is 2.10. The van der Waals surface area contributed by atoms with Crippen LogP contribution in [0, 0.1) is 0 Å². The molecule has 1 amide bonds. The van der Waals surface area contributed by atoms with Gasteiger partial charge in [0.25, 0.3) is 5.91 Å². The number of hydrogen-bond donors (Lipinski definition) is 2. The molecule has 0 spiro atoms. The number of rotatable bonds is 5. The molecule has 6 nitrogen and oxygen atoms in total. The predicted molar refractivity (Wildman–Crippen MR) is 91.5 cm³/mol. The van der Waals surface area contributed by atoms with Crippen LogP contribution in [0.2, 0.25) is 0 Å². The summed E-state index contributed by atoms with van der Waals surface area (Å²) in [6.07, 6.45) is 3.94. The fraction of sp³-hybridized carbons (Fsp3) is 0.474. The molecule has 0 bridgehead atoms. The average molecular weight is 345 g/mol. The highest BCUT2D eigenvalue weighted by molar-refractivity contribution is 6.09. The Bertz CT molecular complexity index is 733. The van der Waals surface area contributed by atoms with Crippen molar-refractivity contribution in [1.82, 2.24) is 4.90 Å². The molecule has 1 unspecified atom stereocenters. The molecule has 1 atom stereocenters. The lowest BCUT2D eigenvalue weighted by Crippen LogP contribution is -2.38. The Labute approximate surface area is 146 Å². The van der Waals surface area contributed by atoms with Crippen molar-refractivity contribution in [2.75, 3.05) is 7.11 Å². The van der Waals surface area contributed by atoms with Gasteiger partial charge < -0.3 is 19.8 Å². The number of ether oxygens (including phenoxy) is 1. The lowest BCUT2D eigenvalue weighted by Gasteiger charge is -2.32. The number of carbonyl (C=O) groups is 2. The van der Waals surface area contributed by atoms with E-state index in [9.17, 15) is 19.8 Å². The van der Waals surface area contributed by atoms with Crippen LogP contribution in [0.5, 0.6) is 11.5 Å². The first-order valence-corrected chi connectivity index (χ1v) is 8.65. The van der Waals surface area contributed by atoms with Gasteiger partial charge in [-0.2, -0.15) is 0 Å². The molecule has 6 heteroatoms. The van der Waals surface area contributed by atoms with E-state index in [1.807, 2.05) is 0 Å². The summed E-state index contributed by atoms with van der Waals surface area (Å²) in [7, 11) is 1.45. The zero-order valence-electron chi connectivity index (χ0n) is 14.5. The lowest BCUT2D eigenvalue weighted by molar-refractivity contribution is -0.131. The van der Waals surface area contributed by atoms with Gasteiger partial charge in [0, 0.05) is 12.5 Å². The first kappa shape index (κ1) is 17.3. The molecule has 1 aliphatic heterocycles. The number of Topliss-reactive ketones (excluding diaryl/α,β-unsaturated/α-hetero) is 1. The minimum Gasteiger partial charge on any atom is -0.504 e. The van der Waals surface area contributed by atoms with Crippen molar-refractivity contribution < 1.29 is 24.5 Å². The van der Waals surface area contributed by atoms with Crippen LogP contribution in [0.4, 0.5) is 0 Å². The molecule has 1 aromatic rings. The van der Waals surface area contributed by atoms with Gasteiger partial charge in [0.1, 0.15) is 0 Å². The number of phenolic OH excluding ortho intramolecular Hbond substituents is 1.